The number of halogens is 1. The first kappa shape index (κ1) is 12.4. The van der Waals surface area contributed by atoms with Gasteiger partial charge in [0.2, 0.25) is 0 Å². The van der Waals surface area contributed by atoms with Gasteiger partial charge in [-0.15, -0.1) is 0 Å². The van der Waals surface area contributed by atoms with E-state index in [1.165, 1.54) is 17.7 Å². The summed E-state index contributed by atoms with van der Waals surface area (Å²) in [5.41, 5.74) is 2.55. The van der Waals surface area contributed by atoms with Gasteiger partial charge in [0.05, 0.1) is 10.7 Å². The number of aryl methyl sites for hydroxylation is 1. The summed E-state index contributed by atoms with van der Waals surface area (Å²) in [4.78, 5) is 2.29. The summed E-state index contributed by atoms with van der Waals surface area (Å²) in [5, 5.41) is 0.860. The first-order valence-corrected chi connectivity index (χ1v) is 6.14. The number of hydrogen-bond acceptors (Lipinski definition) is 1. The Morgan fingerprint density at radius 2 is 1.80 bits per heavy atom. The minimum atomic E-state index is 0.860. The third kappa shape index (κ3) is 3.13. The predicted octanol–water partition coefficient (Wildman–Crippen LogP) is 4.14. The highest BCUT2D eigenvalue weighted by Gasteiger charge is 2.07. The topological polar surface area (TPSA) is 3.24 Å². The number of hydrogen-bond donors (Lipinski definition) is 0. The molecule has 0 aliphatic rings. The zero-order chi connectivity index (χ0) is 11.3. The van der Waals surface area contributed by atoms with Gasteiger partial charge in [-0.2, -0.15) is 0 Å². The molecule has 84 valence electrons. The average Bonchev–Trinajstić information content (AvgIpc) is 2.24. The second-order valence-electron chi connectivity index (χ2n) is 3.71. The molecule has 0 aliphatic carbocycles. The lowest BCUT2D eigenvalue weighted by Crippen LogP contribution is -2.22. The maximum atomic E-state index is 6.21. The maximum absolute atomic E-state index is 6.21. The lowest BCUT2D eigenvalue weighted by Gasteiger charge is -2.23. The summed E-state index contributed by atoms with van der Waals surface area (Å²) in [6, 6.07) is 6.36. The van der Waals surface area contributed by atoms with Crippen LogP contribution in [0.4, 0.5) is 5.69 Å². The largest absolute Gasteiger partial charge is 0.371 e. The highest BCUT2D eigenvalue weighted by atomic mass is 35.5. The molecule has 1 rings (SSSR count). The van der Waals surface area contributed by atoms with Gasteiger partial charge in [0.1, 0.15) is 0 Å². The van der Waals surface area contributed by atoms with E-state index in [2.05, 4.69) is 37.8 Å². The molecule has 2 heteroatoms. The monoisotopic (exact) mass is 225 g/mol. The van der Waals surface area contributed by atoms with Crippen LogP contribution < -0.4 is 4.90 Å². The molecule has 1 aromatic rings. The van der Waals surface area contributed by atoms with Gasteiger partial charge in [-0.25, -0.2) is 0 Å². The molecular weight excluding hydrogens is 206 g/mol. The van der Waals surface area contributed by atoms with Crippen molar-refractivity contribution < 1.29 is 0 Å². The molecule has 0 N–H and O–H groups in total. The van der Waals surface area contributed by atoms with Crippen molar-refractivity contribution in [3.63, 3.8) is 0 Å². The lowest BCUT2D eigenvalue weighted by atomic mass is 10.1. The Balaban J connectivity index is 2.98. The number of nitrogens with zero attached hydrogens (tertiary/aromatic N) is 1. The van der Waals surface area contributed by atoms with Gasteiger partial charge >= 0.3 is 0 Å². The van der Waals surface area contributed by atoms with Crippen LogP contribution in [0.1, 0.15) is 32.8 Å². The van der Waals surface area contributed by atoms with E-state index in [0.717, 1.165) is 24.5 Å². The molecule has 0 heterocycles. The smallest absolute Gasteiger partial charge is 0.0639 e. The summed E-state index contributed by atoms with van der Waals surface area (Å²) in [7, 11) is 0. The van der Waals surface area contributed by atoms with E-state index < -0.39 is 0 Å². The summed E-state index contributed by atoms with van der Waals surface area (Å²) in [6.45, 7) is 8.53. The van der Waals surface area contributed by atoms with Crippen LogP contribution in [0, 0.1) is 0 Å². The number of anilines is 1. The molecule has 0 atom stereocenters. The third-order valence-electron chi connectivity index (χ3n) is 2.65. The molecule has 1 aromatic carbocycles. The van der Waals surface area contributed by atoms with Crippen molar-refractivity contribution in [2.75, 3.05) is 18.0 Å². The Bertz CT molecular complexity index is 305. The standard InChI is InChI=1S/C13H20ClN/c1-4-7-11-8-9-12(14)13(10-11)15(5-2)6-3/h8-10H,4-7H2,1-3H3. The molecule has 0 unspecified atom stereocenters. The molecule has 0 spiro atoms. The SMILES string of the molecule is CCCc1ccc(Cl)c(N(CC)CC)c1. The molecular formula is C13H20ClN. The Labute approximate surface area is 98.0 Å². The molecule has 0 bridgehead atoms. The van der Waals surface area contributed by atoms with E-state index in [1.807, 2.05) is 6.07 Å². The second kappa shape index (κ2) is 6.02. The molecule has 0 saturated carbocycles. The quantitative estimate of drug-likeness (QED) is 0.728. The van der Waals surface area contributed by atoms with E-state index in [4.69, 9.17) is 11.6 Å². The Kier molecular flexibility index (Phi) is 4.97. The van der Waals surface area contributed by atoms with Gasteiger partial charge < -0.3 is 4.90 Å². The molecule has 1 nitrogen and oxygen atoms in total. The molecule has 0 radical (unpaired) electrons. The van der Waals surface area contributed by atoms with Crippen LogP contribution >= 0.6 is 11.6 Å². The van der Waals surface area contributed by atoms with Gasteiger partial charge in [0, 0.05) is 13.1 Å². The van der Waals surface area contributed by atoms with Crippen LogP contribution in [0.25, 0.3) is 0 Å². The summed E-state index contributed by atoms with van der Waals surface area (Å²) in [6.07, 6.45) is 2.31. The maximum Gasteiger partial charge on any atom is 0.0639 e. The van der Waals surface area contributed by atoms with Crippen LogP contribution in [0.3, 0.4) is 0 Å². The van der Waals surface area contributed by atoms with Gasteiger partial charge in [-0.3, -0.25) is 0 Å². The van der Waals surface area contributed by atoms with Gasteiger partial charge in [0.25, 0.3) is 0 Å². The fourth-order valence-corrected chi connectivity index (χ4v) is 2.05. The van der Waals surface area contributed by atoms with Crippen molar-refractivity contribution in [2.24, 2.45) is 0 Å². The molecule has 15 heavy (non-hydrogen) atoms. The Hall–Kier alpha value is -0.690. The van der Waals surface area contributed by atoms with Crippen molar-refractivity contribution in [3.05, 3.63) is 28.8 Å². The van der Waals surface area contributed by atoms with Crippen molar-refractivity contribution in [1.82, 2.24) is 0 Å². The molecule has 0 amide bonds. The van der Waals surface area contributed by atoms with E-state index in [-0.39, 0.29) is 0 Å². The van der Waals surface area contributed by atoms with Crippen molar-refractivity contribution in [1.29, 1.82) is 0 Å². The van der Waals surface area contributed by atoms with Crippen molar-refractivity contribution in [3.8, 4) is 0 Å². The minimum Gasteiger partial charge on any atom is -0.371 e. The Morgan fingerprint density at radius 3 is 2.33 bits per heavy atom. The normalized spacial score (nSPS) is 10.4. The fraction of sp³-hybridized carbons (Fsp3) is 0.538. The van der Waals surface area contributed by atoms with Crippen LogP contribution in [-0.2, 0) is 6.42 Å². The highest BCUT2D eigenvalue weighted by molar-refractivity contribution is 6.33. The Morgan fingerprint density at radius 1 is 1.13 bits per heavy atom. The van der Waals surface area contributed by atoms with E-state index in [1.54, 1.807) is 0 Å². The van der Waals surface area contributed by atoms with Gasteiger partial charge in [-0.05, 0) is 38.0 Å². The van der Waals surface area contributed by atoms with Gasteiger partial charge in [0.15, 0.2) is 0 Å². The molecule has 0 aliphatic heterocycles. The average molecular weight is 226 g/mol. The third-order valence-corrected chi connectivity index (χ3v) is 2.97. The van der Waals surface area contributed by atoms with Crippen LogP contribution in [0.5, 0.6) is 0 Å². The number of rotatable bonds is 5. The first-order chi connectivity index (χ1) is 7.22. The molecule has 0 aromatic heterocycles. The summed E-state index contributed by atoms with van der Waals surface area (Å²) in [5.74, 6) is 0. The lowest BCUT2D eigenvalue weighted by molar-refractivity contribution is 0.860. The van der Waals surface area contributed by atoms with E-state index >= 15 is 0 Å². The molecule has 0 saturated heterocycles. The molecule has 0 fully saturated rings. The summed E-state index contributed by atoms with van der Waals surface area (Å²) < 4.78 is 0. The van der Waals surface area contributed by atoms with Crippen molar-refractivity contribution >= 4 is 17.3 Å². The zero-order valence-corrected chi connectivity index (χ0v) is 10.6. The first-order valence-electron chi connectivity index (χ1n) is 5.76. The zero-order valence-electron chi connectivity index (χ0n) is 9.89. The van der Waals surface area contributed by atoms with Crippen LogP contribution in [0.2, 0.25) is 5.02 Å². The van der Waals surface area contributed by atoms with Crippen molar-refractivity contribution in [2.45, 2.75) is 33.6 Å². The van der Waals surface area contributed by atoms with Gasteiger partial charge in [-0.1, -0.05) is 31.0 Å². The predicted molar refractivity (Wildman–Crippen MR) is 69.0 cm³/mol. The number of benzene rings is 1. The van der Waals surface area contributed by atoms with Crippen LogP contribution in [0.15, 0.2) is 18.2 Å². The fourth-order valence-electron chi connectivity index (χ4n) is 1.81. The minimum absolute atomic E-state index is 0.860. The van der Waals surface area contributed by atoms with E-state index in [0.29, 0.717) is 0 Å². The summed E-state index contributed by atoms with van der Waals surface area (Å²) >= 11 is 6.21. The van der Waals surface area contributed by atoms with Crippen LogP contribution in [-0.4, -0.2) is 13.1 Å². The second-order valence-corrected chi connectivity index (χ2v) is 4.12. The highest BCUT2D eigenvalue weighted by Crippen LogP contribution is 2.27. The van der Waals surface area contributed by atoms with E-state index in [9.17, 15) is 0 Å².